The second-order valence-corrected chi connectivity index (χ2v) is 2.65. The molecule has 1 aromatic heterocycles. The molecule has 1 heterocycles. The van der Waals surface area contributed by atoms with Gasteiger partial charge in [-0.3, -0.25) is 5.32 Å². The third-order valence-corrected chi connectivity index (χ3v) is 1.65. The van der Waals surface area contributed by atoms with Gasteiger partial charge in [0.2, 0.25) is 11.1 Å². The monoisotopic (exact) mass is 187 g/mol. The van der Waals surface area contributed by atoms with Gasteiger partial charge in [-0.1, -0.05) is 11.8 Å². The van der Waals surface area contributed by atoms with Gasteiger partial charge in [-0.05, 0) is 6.26 Å². The van der Waals surface area contributed by atoms with Crippen LogP contribution in [0.4, 0.5) is 10.7 Å². The Morgan fingerprint density at radius 2 is 2.42 bits per heavy atom. The van der Waals surface area contributed by atoms with Crippen LogP contribution in [0.2, 0.25) is 0 Å². The van der Waals surface area contributed by atoms with Gasteiger partial charge >= 0.3 is 6.03 Å². The van der Waals surface area contributed by atoms with Crippen LogP contribution in [0.5, 0.6) is 0 Å². The lowest BCUT2D eigenvalue weighted by Crippen LogP contribution is -2.25. The average Bonchev–Trinajstić information content (AvgIpc) is 2.52. The molecule has 6 nitrogen and oxygen atoms in total. The Morgan fingerprint density at radius 1 is 1.67 bits per heavy atom. The minimum atomic E-state index is -0.321. The van der Waals surface area contributed by atoms with Gasteiger partial charge in [-0.15, -0.1) is 5.10 Å². The number of carbonyl (C=O) groups excluding carboxylic acids is 1. The van der Waals surface area contributed by atoms with Gasteiger partial charge in [-0.25, -0.2) is 9.89 Å². The fourth-order valence-corrected chi connectivity index (χ4v) is 0.883. The standard InChI is InChI=1S/C5H9N5OS/c1-6-4(11)7-3-8-5(12-2)10-9-3/h1-2H3,(H3,6,7,8,9,10,11). The normalized spacial score (nSPS) is 9.50. The fourth-order valence-electron chi connectivity index (χ4n) is 0.564. The maximum atomic E-state index is 10.8. The molecule has 2 amide bonds. The predicted molar refractivity (Wildman–Crippen MR) is 46.2 cm³/mol. The molecule has 3 N–H and O–H groups in total. The highest BCUT2D eigenvalue weighted by Gasteiger charge is 2.03. The number of aromatic amines is 1. The minimum absolute atomic E-state index is 0.321. The van der Waals surface area contributed by atoms with Gasteiger partial charge in [0.1, 0.15) is 0 Å². The first kappa shape index (κ1) is 8.85. The molecule has 0 bridgehead atoms. The molecular formula is C5H9N5OS. The summed E-state index contributed by atoms with van der Waals surface area (Å²) < 4.78 is 0. The number of hydrogen-bond acceptors (Lipinski definition) is 4. The van der Waals surface area contributed by atoms with E-state index >= 15 is 0 Å². The number of aromatic nitrogens is 3. The van der Waals surface area contributed by atoms with Crippen LogP contribution in [0, 0.1) is 0 Å². The number of H-pyrrole nitrogens is 1. The molecule has 1 rings (SSSR count). The summed E-state index contributed by atoms with van der Waals surface area (Å²) in [6.45, 7) is 0. The number of nitrogens with one attached hydrogen (secondary N) is 3. The van der Waals surface area contributed by atoms with Crippen molar-refractivity contribution in [2.24, 2.45) is 0 Å². The summed E-state index contributed by atoms with van der Waals surface area (Å²) in [5.41, 5.74) is 0. The van der Waals surface area contributed by atoms with E-state index in [0.29, 0.717) is 11.1 Å². The molecule has 0 saturated carbocycles. The number of nitrogens with zero attached hydrogens (tertiary/aromatic N) is 2. The number of amides is 2. The second kappa shape index (κ2) is 3.96. The van der Waals surface area contributed by atoms with E-state index in [1.165, 1.54) is 18.8 Å². The number of rotatable bonds is 2. The molecule has 66 valence electrons. The summed E-state index contributed by atoms with van der Waals surface area (Å²) in [6, 6.07) is -0.321. The largest absolute Gasteiger partial charge is 0.341 e. The summed E-state index contributed by atoms with van der Waals surface area (Å²) in [5.74, 6) is 0.346. The van der Waals surface area contributed by atoms with Crippen LogP contribution in [0.1, 0.15) is 0 Å². The van der Waals surface area contributed by atoms with Gasteiger partial charge in [0.25, 0.3) is 0 Å². The van der Waals surface area contributed by atoms with E-state index in [2.05, 4.69) is 25.8 Å². The summed E-state index contributed by atoms with van der Waals surface area (Å²) in [5, 5.41) is 11.8. The molecule has 0 aliphatic carbocycles. The first-order chi connectivity index (χ1) is 5.76. The van der Waals surface area contributed by atoms with Gasteiger partial charge in [0.05, 0.1) is 0 Å². The van der Waals surface area contributed by atoms with Crippen molar-refractivity contribution in [3.63, 3.8) is 0 Å². The number of hydrogen-bond donors (Lipinski definition) is 3. The third kappa shape index (κ3) is 2.12. The highest BCUT2D eigenvalue weighted by atomic mass is 32.2. The molecule has 7 heteroatoms. The summed E-state index contributed by atoms with van der Waals surface area (Å²) in [7, 11) is 1.53. The molecule has 0 unspecified atom stereocenters. The van der Waals surface area contributed by atoms with Crippen LogP contribution >= 0.6 is 11.8 Å². The van der Waals surface area contributed by atoms with E-state index < -0.39 is 0 Å². The van der Waals surface area contributed by atoms with Crippen molar-refractivity contribution in [2.75, 3.05) is 18.6 Å². The lowest BCUT2D eigenvalue weighted by atomic mass is 10.9. The zero-order valence-corrected chi connectivity index (χ0v) is 7.53. The Labute approximate surface area is 73.5 Å². The summed E-state index contributed by atoms with van der Waals surface area (Å²) >= 11 is 1.40. The Kier molecular flexibility index (Phi) is 2.92. The van der Waals surface area contributed by atoms with E-state index in [9.17, 15) is 4.79 Å². The first-order valence-corrected chi connectivity index (χ1v) is 4.44. The zero-order valence-electron chi connectivity index (χ0n) is 6.71. The van der Waals surface area contributed by atoms with Crippen molar-refractivity contribution in [3.8, 4) is 0 Å². The van der Waals surface area contributed by atoms with Crippen molar-refractivity contribution in [3.05, 3.63) is 0 Å². The quantitative estimate of drug-likeness (QED) is 0.581. The molecule has 1 aromatic rings. The van der Waals surface area contributed by atoms with E-state index in [1.807, 2.05) is 6.26 Å². The van der Waals surface area contributed by atoms with Crippen LogP contribution in [0.25, 0.3) is 0 Å². The zero-order chi connectivity index (χ0) is 8.97. The van der Waals surface area contributed by atoms with Crippen LogP contribution in [0.3, 0.4) is 0 Å². The summed E-state index contributed by atoms with van der Waals surface area (Å²) in [6.07, 6.45) is 1.85. The van der Waals surface area contributed by atoms with Crippen molar-refractivity contribution in [2.45, 2.75) is 5.16 Å². The SMILES string of the molecule is CNC(=O)Nc1nc(SC)n[nH]1. The Balaban J connectivity index is 2.58. The molecule has 0 aliphatic heterocycles. The van der Waals surface area contributed by atoms with Crippen LogP contribution < -0.4 is 10.6 Å². The number of urea groups is 1. The maximum Gasteiger partial charge on any atom is 0.321 e. The molecule has 0 radical (unpaired) electrons. The fraction of sp³-hybridized carbons (Fsp3) is 0.400. The van der Waals surface area contributed by atoms with E-state index in [1.54, 1.807) is 0 Å². The van der Waals surface area contributed by atoms with Gasteiger partial charge in [0, 0.05) is 7.05 Å². The molecule has 0 fully saturated rings. The number of carbonyl (C=O) groups is 1. The minimum Gasteiger partial charge on any atom is -0.341 e. The van der Waals surface area contributed by atoms with Gasteiger partial charge in [0.15, 0.2) is 0 Å². The molecule has 0 spiro atoms. The molecular weight excluding hydrogens is 178 g/mol. The average molecular weight is 187 g/mol. The van der Waals surface area contributed by atoms with E-state index in [4.69, 9.17) is 0 Å². The van der Waals surface area contributed by atoms with Crippen molar-refractivity contribution in [1.82, 2.24) is 20.5 Å². The highest BCUT2D eigenvalue weighted by molar-refractivity contribution is 7.98. The van der Waals surface area contributed by atoms with Gasteiger partial charge < -0.3 is 5.32 Å². The Hall–Kier alpha value is -1.24. The number of anilines is 1. The Bertz CT molecular complexity index is 273. The lowest BCUT2D eigenvalue weighted by Gasteiger charge is -1.96. The van der Waals surface area contributed by atoms with Crippen molar-refractivity contribution < 1.29 is 4.79 Å². The van der Waals surface area contributed by atoms with Crippen LogP contribution in [0.15, 0.2) is 5.16 Å². The predicted octanol–water partition coefficient (Wildman–Crippen LogP) is 0.278. The molecule has 0 saturated heterocycles. The second-order valence-electron chi connectivity index (χ2n) is 1.87. The van der Waals surface area contributed by atoms with Crippen molar-refractivity contribution in [1.29, 1.82) is 0 Å². The molecule has 0 aromatic carbocycles. The van der Waals surface area contributed by atoms with Crippen molar-refractivity contribution >= 4 is 23.7 Å². The van der Waals surface area contributed by atoms with E-state index in [0.717, 1.165) is 0 Å². The first-order valence-electron chi connectivity index (χ1n) is 3.21. The molecule has 12 heavy (non-hydrogen) atoms. The van der Waals surface area contributed by atoms with E-state index in [-0.39, 0.29) is 6.03 Å². The molecule has 0 aliphatic rings. The lowest BCUT2D eigenvalue weighted by molar-refractivity contribution is 0.254. The smallest absolute Gasteiger partial charge is 0.321 e. The number of thioether (sulfide) groups is 1. The summed E-state index contributed by atoms with van der Waals surface area (Å²) in [4.78, 5) is 14.7. The highest BCUT2D eigenvalue weighted by Crippen LogP contribution is 2.08. The topological polar surface area (TPSA) is 82.7 Å². The Morgan fingerprint density at radius 3 is 2.92 bits per heavy atom. The van der Waals surface area contributed by atoms with Gasteiger partial charge in [-0.2, -0.15) is 4.98 Å². The maximum absolute atomic E-state index is 10.8. The molecule has 0 atom stereocenters. The third-order valence-electron chi connectivity index (χ3n) is 1.11. The van der Waals surface area contributed by atoms with Crippen LogP contribution in [-0.4, -0.2) is 34.5 Å². The van der Waals surface area contributed by atoms with Crippen LogP contribution in [-0.2, 0) is 0 Å².